The molecule has 1 heterocycles. The van der Waals surface area contributed by atoms with E-state index in [2.05, 4.69) is 24.1 Å². The zero-order valence-electron chi connectivity index (χ0n) is 11.5. The number of nitrogens with zero attached hydrogens (tertiary/aromatic N) is 2. The van der Waals surface area contributed by atoms with Gasteiger partial charge >= 0.3 is 0 Å². The van der Waals surface area contributed by atoms with Crippen LogP contribution in [0.4, 0.5) is 5.82 Å². The molecule has 18 heavy (non-hydrogen) atoms. The number of nitrogens with two attached hydrogens (primary N) is 1. The number of carbonyl (C=O) groups is 1. The van der Waals surface area contributed by atoms with Crippen LogP contribution in [0.1, 0.15) is 24.2 Å². The van der Waals surface area contributed by atoms with Crippen molar-refractivity contribution in [2.24, 2.45) is 11.7 Å². The highest BCUT2D eigenvalue weighted by Crippen LogP contribution is 2.07. The molecule has 0 saturated heterocycles. The highest BCUT2D eigenvalue weighted by molar-refractivity contribution is 5.93. The average molecular weight is 250 g/mol. The molecule has 0 saturated carbocycles. The van der Waals surface area contributed by atoms with E-state index in [9.17, 15) is 4.79 Å². The van der Waals surface area contributed by atoms with Gasteiger partial charge in [-0.05, 0) is 18.1 Å². The molecule has 100 valence electrons. The van der Waals surface area contributed by atoms with E-state index in [1.165, 1.54) is 4.90 Å². The topological polar surface area (TPSA) is 71.2 Å². The van der Waals surface area contributed by atoms with Crippen LogP contribution < -0.4 is 11.1 Å². The molecule has 0 radical (unpaired) electrons. The maximum atomic E-state index is 11.7. The van der Waals surface area contributed by atoms with Gasteiger partial charge in [-0.15, -0.1) is 0 Å². The van der Waals surface area contributed by atoms with Crippen molar-refractivity contribution in [1.82, 2.24) is 9.88 Å². The van der Waals surface area contributed by atoms with Gasteiger partial charge in [-0.25, -0.2) is 4.98 Å². The second-order valence-corrected chi connectivity index (χ2v) is 4.92. The Bertz CT molecular complexity index is 386. The Morgan fingerprint density at radius 1 is 1.44 bits per heavy atom. The number of carbonyl (C=O) groups excluding carboxylic acids is 1. The van der Waals surface area contributed by atoms with E-state index in [0.29, 0.717) is 18.0 Å². The maximum absolute atomic E-state index is 11.7. The van der Waals surface area contributed by atoms with Crippen molar-refractivity contribution in [3.05, 3.63) is 23.9 Å². The summed E-state index contributed by atoms with van der Waals surface area (Å²) in [4.78, 5) is 17.4. The van der Waals surface area contributed by atoms with Gasteiger partial charge in [0.25, 0.3) is 5.91 Å². The van der Waals surface area contributed by atoms with Crippen LogP contribution in [0.25, 0.3) is 0 Å². The van der Waals surface area contributed by atoms with Crippen LogP contribution in [0.5, 0.6) is 0 Å². The quantitative estimate of drug-likeness (QED) is 0.823. The predicted octanol–water partition coefficient (Wildman–Crippen LogP) is 1.18. The molecule has 0 spiro atoms. The summed E-state index contributed by atoms with van der Waals surface area (Å²) in [5, 5.41) is 3.16. The smallest absolute Gasteiger partial charge is 0.254 e. The molecule has 0 aliphatic heterocycles. The number of amides is 1. The lowest BCUT2D eigenvalue weighted by atomic mass is 10.1. The summed E-state index contributed by atoms with van der Waals surface area (Å²) in [7, 11) is 3.44. The van der Waals surface area contributed by atoms with Gasteiger partial charge in [0.05, 0.1) is 5.56 Å². The van der Waals surface area contributed by atoms with E-state index in [4.69, 9.17) is 5.73 Å². The first-order valence-electron chi connectivity index (χ1n) is 6.09. The number of aromatic nitrogens is 1. The first-order valence-corrected chi connectivity index (χ1v) is 6.09. The van der Waals surface area contributed by atoms with Crippen molar-refractivity contribution in [2.75, 3.05) is 26.0 Å². The fourth-order valence-electron chi connectivity index (χ4n) is 1.34. The highest BCUT2D eigenvalue weighted by atomic mass is 16.2. The molecular formula is C13H22N4O. The first-order chi connectivity index (χ1) is 8.41. The predicted molar refractivity (Wildman–Crippen MR) is 73.6 cm³/mol. The Morgan fingerprint density at radius 3 is 2.56 bits per heavy atom. The third-order valence-corrected chi connectivity index (χ3v) is 2.79. The summed E-state index contributed by atoms with van der Waals surface area (Å²) in [6.07, 6.45) is 1.57. The summed E-state index contributed by atoms with van der Waals surface area (Å²) >= 11 is 0. The molecule has 0 aromatic carbocycles. The molecule has 1 rings (SSSR count). The minimum atomic E-state index is -0.0482. The van der Waals surface area contributed by atoms with Gasteiger partial charge in [0.15, 0.2) is 0 Å². The van der Waals surface area contributed by atoms with Crippen LogP contribution in [-0.2, 0) is 0 Å². The zero-order chi connectivity index (χ0) is 13.7. The summed E-state index contributed by atoms with van der Waals surface area (Å²) < 4.78 is 0. The molecule has 0 aliphatic rings. The monoisotopic (exact) mass is 250 g/mol. The Kier molecular flexibility index (Phi) is 5.09. The number of hydrogen-bond donors (Lipinski definition) is 2. The molecule has 1 unspecified atom stereocenters. The Balaban J connectivity index is 2.58. The van der Waals surface area contributed by atoms with E-state index >= 15 is 0 Å². The maximum Gasteiger partial charge on any atom is 0.254 e. The summed E-state index contributed by atoms with van der Waals surface area (Å²) in [6, 6.07) is 3.65. The van der Waals surface area contributed by atoms with Crippen LogP contribution in [0.15, 0.2) is 18.3 Å². The fraction of sp³-hybridized carbons (Fsp3) is 0.538. The molecule has 5 heteroatoms. The minimum absolute atomic E-state index is 0.0482. The van der Waals surface area contributed by atoms with Crippen LogP contribution in [0, 0.1) is 5.92 Å². The molecule has 0 bridgehead atoms. The van der Waals surface area contributed by atoms with E-state index in [0.717, 1.165) is 5.82 Å². The van der Waals surface area contributed by atoms with Crippen molar-refractivity contribution in [1.29, 1.82) is 0 Å². The lowest BCUT2D eigenvalue weighted by Gasteiger charge is -2.16. The van der Waals surface area contributed by atoms with Crippen molar-refractivity contribution in [2.45, 2.75) is 19.9 Å². The van der Waals surface area contributed by atoms with Crippen molar-refractivity contribution in [3.63, 3.8) is 0 Å². The minimum Gasteiger partial charge on any atom is -0.369 e. The van der Waals surface area contributed by atoms with Crippen LogP contribution in [0.2, 0.25) is 0 Å². The average Bonchev–Trinajstić information content (AvgIpc) is 2.35. The second-order valence-electron chi connectivity index (χ2n) is 4.92. The highest BCUT2D eigenvalue weighted by Gasteiger charge is 2.09. The van der Waals surface area contributed by atoms with Crippen LogP contribution in [-0.4, -0.2) is 42.5 Å². The number of anilines is 1. The number of pyridine rings is 1. The Morgan fingerprint density at radius 2 is 2.11 bits per heavy atom. The molecule has 1 aromatic heterocycles. The molecule has 1 amide bonds. The molecule has 1 atom stereocenters. The van der Waals surface area contributed by atoms with Crippen LogP contribution >= 0.6 is 0 Å². The Hall–Kier alpha value is -1.62. The van der Waals surface area contributed by atoms with Crippen molar-refractivity contribution < 1.29 is 4.79 Å². The molecule has 3 N–H and O–H groups in total. The third kappa shape index (κ3) is 4.00. The van der Waals surface area contributed by atoms with Gasteiger partial charge in [-0.3, -0.25) is 4.79 Å². The van der Waals surface area contributed by atoms with Crippen molar-refractivity contribution >= 4 is 11.7 Å². The molecule has 0 fully saturated rings. The second kappa shape index (κ2) is 6.35. The molecule has 0 aliphatic carbocycles. The number of hydrogen-bond acceptors (Lipinski definition) is 4. The van der Waals surface area contributed by atoms with E-state index in [1.807, 2.05) is 0 Å². The van der Waals surface area contributed by atoms with Gasteiger partial charge in [0.1, 0.15) is 5.82 Å². The van der Waals surface area contributed by atoms with E-state index in [-0.39, 0.29) is 11.9 Å². The molecule has 5 nitrogen and oxygen atoms in total. The van der Waals surface area contributed by atoms with E-state index in [1.54, 1.807) is 32.4 Å². The SMILES string of the molecule is CC(C)C(N)CNc1ccc(C(=O)N(C)C)cn1. The lowest BCUT2D eigenvalue weighted by Crippen LogP contribution is -2.34. The van der Waals surface area contributed by atoms with Gasteiger partial charge in [-0.2, -0.15) is 0 Å². The largest absolute Gasteiger partial charge is 0.369 e. The fourth-order valence-corrected chi connectivity index (χ4v) is 1.34. The zero-order valence-corrected chi connectivity index (χ0v) is 11.5. The Labute approximate surface area is 108 Å². The molecular weight excluding hydrogens is 228 g/mol. The summed E-state index contributed by atoms with van der Waals surface area (Å²) in [5.41, 5.74) is 6.51. The number of nitrogens with one attached hydrogen (secondary N) is 1. The summed E-state index contributed by atoms with van der Waals surface area (Å²) in [5.74, 6) is 1.11. The van der Waals surface area contributed by atoms with E-state index < -0.39 is 0 Å². The standard InChI is InChI=1S/C13H22N4O/c1-9(2)11(14)8-16-12-6-5-10(7-15-12)13(18)17(3)4/h5-7,9,11H,8,14H2,1-4H3,(H,15,16). The van der Waals surface area contributed by atoms with Crippen molar-refractivity contribution in [3.8, 4) is 0 Å². The van der Waals surface area contributed by atoms with Crippen LogP contribution in [0.3, 0.4) is 0 Å². The third-order valence-electron chi connectivity index (χ3n) is 2.79. The molecule has 1 aromatic rings. The van der Waals surface area contributed by atoms with Gasteiger partial charge in [-0.1, -0.05) is 13.8 Å². The van der Waals surface area contributed by atoms with Gasteiger partial charge in [0.2, 0.25) is 0 Å². The van der Waals surface area contributed by atoms with Gasteiger partial charge in [0, 0.05) is 32.9 Å². The summed E-state index contributed by atoms with van der Waals surface area (Å²) in [6.45, 7) is 4.84. The normalized spacial score (nSPS) is 12.3. The first kappa shape index (κ1) is 14.4. The lowest BCUT2D eigenvalue weighted by molar-refractivity contribution is 0.0827. The number of rotatable bonds is 5. The van der Waals surface area contributed by atoms with Gasteiger partial charge < -0.3 is 16.0 Å².